The monoisotopic (exact) mass is 218 g/mol. The Bertz CT molecular complexity index is 335. The summed E-state index contributed by atoms with van der Waals surface area (Å²) < 4.78 is 0. The van der Waals surface area contributed by atoms with Crippen LogP contribution in [-0.2, 0) is 0 Å². The van der Waals surface area contributed by atoms with Gasteiger partial charge in [0.05, 0.1) is 0 Å². The topological polar surface area (TPSA) is 38.0 Å². The van der Waals surface area contributed by atoms with Crippen molar-refractivity contribution in [3.8, 4) is 0 Å². The fourth-order valence-electron chi connectivity index (χ4n) is 2.61. The molecule has 0 amide bonds. The first-order valence-corrected chi connectivity index (χ1v) is 6.33. The molecule has 0 spiro atoms. The quantitative estimate of drug-likeness (QED) is 0.818. The minimum atomic E-state index is 0.569. The van der Waals surface area contributed by atoms with Gasteiger partial charge in [0.15, 0.2) is 0 Å². The van der Waals surface area contributed by atoms with E-state index in [1.165, 1.54) is 36.9 Å². The maximum atomic E-state index is 5.85. The predicted molar refractivity (Wildman–Crippen MR) is 69.6 cm³/mol. The molecule has 1 fully saturated rings. The molecule has 2 unspecified atom stereocenters. The molecule has 16 heavy (non-hydrogen) atoms. The number of nitrogens with two attached hydrogens (primary N) is 1. The summed E-state index contributed by atoms with van der Waals surface area (Å²) >= 11 is 0. The van der Waals surface area contributed by atoms with Crippen LogP contribution in [0.4, 0.5) is 5.69 Å². The molecule has 1 aliphatic rings. The molecule has 1 aromatic rings. The molecule has 2 rings (SSSR count). The Kier molecular flexibility index (Phi) is 3.83. The Hall–Kier alpha value is -1.02. The molecule has 2 nitrogen and oxygen atoms in total. The Balaban J connectivity index is 2.05. The summed E-state index contributed by atoms with van der Waals surface area (Å²) in [7, 11) is 0. The Morgan fingerprint density at radius 1 is 1.25 bits per heavy atom. The maximum Gasteiger partial charge on any atom is 0.0372 e. The van der Waals surface area contributed by atoms with Gasteiger partial charge in [-0.05, 0) is 43.9 Å². The highest BCUT2D eigenvalue weighted by molar-refractivity contribution is 5.51. The summed E-state index contributed by atoms with van der Waals surface area (Å²) in [5, 5.41) is 3.67. The van der Waals surface area contributed by atoms with Crippen LogP contribution in [0.25, 0.3) is 0 Å². The van der Waals surface area contributed by atoms with Crippen molar-refractivity contribution in [2.24, 2.45) is 11.7 Å². The van der Waals surface area contributed by atoms with E-state index in [-0.39, 0.29) is 0 Å². The largest absolute Gasteiger partial charge is 0.382 e. The van der Waals surface area contributed by atoms with Crippen LogP contribution >= 0.6 is 0 Å². The molecular weight excluding hydrogens is 196 g/mol. The lowest BCUT2D eigenvalue weighted by atomic mass is 9.84. The van der Waals surface area contributed by atoms with Gasteiger partial charge in [-0.1, -0.05) is 31.0 Å². The summed E-state index contributed by atoms with van der Waals surface area (Å²) in [4.78, 5) is 0. The van der Waals surface area contributed by atoms with Crippen LogP contribution in [0, 0.1) is 12.8 Å². The molecule has 0 aliphatic heterocycles. The van der Waals surface area contributed by atoms with E-state index in [1.54, 1.807) is 0 Å². The molecule has 88 valence electrons. The van der Waals surface area contributed by atoms with Crippen molar-refractivity contribution in [3.05, 3.63) is 29.8 Å². The number of rotatable bonds is 3. The van der Waals surface area contributed by atoms with Crippen molar-refractivity contribution in [1.29, 1.82) is 0 Å². The number of hydrogen-bond acceptors (Lipinski definition) is 2. The number of para-hydroxylation sites is 1. The first-order valence-electron chi connectivity index (χ1n) is 6.33. The second-order valence-electron chi connectivity index (χ2n) is 4.85. The molecule has 3 N–H and O–H groups in total. The molecule has 0 heterocycles. The highest BCUT2D eigenvalue weighted by Crippen LogP contribution is 2.27. The van der Waals surface area contributed by atoms with Crippen molar-refractivity contribution in [1.82, 2.24) is 0 Å². The van der Waals surface area contributed by atoms with Gasteiger partial charge in [0.25, 0.3) is 0 Å². The summed E-state index contributed by atoms with van der Waals surface area (Å²) in [5.74, 6) is 0.647. The van der Waals surface area contributed by atoms with Crippen LogP contribution in [0.2, 0.25) is 0 Å². The van der Waals surface area contributed by atoms with E-state index in [1.807, 2.05) is 0 Å². The summed E-state index contributed by atoms with van der Waals surface area (Å²) in [6, 6.07) is 9.07. The van der Waals surface area contributed by atoms with Gasteiger partial charge in [-0.15, -0.1) is 0 Å². The van der Waals surface area contributed by atoms with Crippen molar-refractivity contribution >= 4 is 5.69 Å². The lowest BCUT2D eigenvalue weighted by Crippen LogP contribution is -2.36. The summed E-state index contributed by atoms with van der Waals surface area (Å²) in [5.41, 5.74) is 8.44. The predicted octanol–water partition coefficient (Wildman–Crippen LogP) is 2.92. The van der Waals surface area contributed by atoms with E-state index in [9.17, 15) is 0 Å². The van der Waals surface area contributed by atoms with E-state index >= 15 is 0 Å². The smallest absolute Gasteiger partial charge is 0.0372 e. The second kappa shape index (κ2) is 5.35. The number of nitrogens with one attached hydrogen (secondary N) is 1. The number of hydrogen-bond donors (Lipinski definition) is 2. The minimum absolute atomic E-state index is 0.569. The van der Waals surface area contributed by atoms with Crippen molar-refractivity contribution < 1.29 is 0 Å². The third-order valence-corrected chi connectivity index (χ3v) is 3.70. The normalized spacial score (nSPS) is 25.4. The van der Waals surface area contributed by atoms with Crippen LogP contribution in [0.5, 0.6) is 0 Å². The van der Waals surface area contributed by atoms with Gasteiger partial charge in [0.2, 0.25) is 0 Å². The van der Waals surface area contributed by atoms with Crippen LogP contribution in [-0.4, -0.2) is 12.6 Å². The zero-order valence-electron chi connectivity index (χ0n) is 10.1. The molecule has 0 aromatic heterocycles. The SMILES string of the molecule is Cc1ccccc1NC1CCCCC1CN. The Morgan fingerprint density at radius 3 is 2.75 bits per heavy atom. The van der Waals surface area contributed by atoms with Gasteiger partial charge < -0.3 is 11.1 Å². The molecule has 0 bridgehead atoms. The van der Waals surface area contributed by atoms with E-state index in [0.717, 1.165) is 6.54 Å². The zero-order chi connectivity index (χ0) is 11.4. The van der Waals surface area contributed by atoms with Gasteiger partial charge in [-0.25, -0.2) is 0 Å². The average molecular weight is 218 g/mol. The summed E-state index contributed by atoms with van der Waals surface area (Å²) in [6.45, 7) is 2.96. The Morgan fingerprint density at radius 2 is 2.00 bits per heavy atom. The number of benzene rings is 1. The molecule has 1 aliphatic carbocycles. The van der Waals surface area contributed by atoms with Crippen LogP contribution in [0.1, 0.15) is 31.2 Å². The first kappa shape index (κ1) is 11.5. The van der Waals surface area contributed by atoms with Crippen LogP contribution < -0.4 is 11.1 Å². The van der Waals surface area contributed by atoms with Crippen molar-refractivity contribution in [2.45, 2.75) is 38.6 Å². The standard InChI is InChI=1S/C14H22N2/c1-11-6-2-4-8-13(11)16-14-9-5-3-7-12(14)10-15/h2,4,6,8,12,14,16H,3,5,7,9-10,15H2,1H3. The average Bonchev–Trinajstić information content (AvgIpc) is 2.33. The van der Waals surface area contributed by atoms with Crippen molar-refractivity contribution in [2.75, 3.05) is 11.9 Å². The zero-order valence-corrected chi connectivity index (χ0v) is 10.1. The molecule has 0 radical (unpaired) electrons. The van der Waals surface area contributed by atoms with Gasteiger partial charge in [0.1, 0.15) is 0 Å². The minimum Gasteiger partial charge on any atom is -0.382 e. The van der Waals surface area contributed by atoms with E-state index in [2.05, 4.69) is 36.5 Å². The lowest BCUT2D eigenvalue weighted by Gasteiger charge is -2.32. The fourth-order valence-corrected chi connectivity index (χ4v) is 2.61. The maximum absolute atomic E-state index is 5.85. The molecule has 0 saturated heterocycles. The molecule has 1 aromatic carbocycles. The first-order chi connectivity index (χ1) is 7.81. The van der Waals surface area contributed by atoms with Gasteiger partial charge in [0, 0.05) is 11.7 Å². The third kappa shape index (κ3) is 2.56. The molecule has 1 saturated carbocycles. The van der Waals surface area contributed by atoms with Gasteiger partial charge in [-0.2, -0.15) is 0 Å². The molecule has 2 atom stereocenters. The highest BCUT2D eigenvalue weighted by Gasteiger charge is 2.23. The summed E-state index contributed by atoms with van der Waals surface area (Å²) in [6.07, 6.45) is 5.21. The number of anilines is 1. The van der Waals surface area contributed by atoms with Crippen molar-refractivity contribution in [3.63, 3.8) is 0 Å². The van der Waals surface area contributed by atoms with Crippen LogP contribution in [0.3, 0.4) is 0 Å². The van der Waals surface area contributed by atoms with E-state index < -0.39 is 0 Å². The fraction of sp³-hybridized carbons (Fsp3) is 0.571. The molecular formula is C14H22N2. The third-order valence-electron chi connectivity index (χ3n) is 3.70. The van der Waals surface area contributed by atoms with Gasteiger partial charge in [-0.3, -0.25) is 0 Å². The van der Waals surface area contributed by atoms with E-state index in [0.29, 0.717) is 12.0 Å². The van der Waals surface area contributed by atoms with E-state index in [4.69, 9.17) is 5.73 Å². The lowest BCUT2D eigenvalue weighted by molar-refractivity contribution is 0.332. The molecule has 2 heteroatoms. The highest BCUT2D eigenvalue weighted by atomic mass is 14.9. The Labute approximate surface area is 98.2 Å². The number of aryl methyl sites for hydroxylation is 1. The van der Waals surface area contributed by atoms with Crippen LogP contribution in [0.15, 0.2) is 24.3 Å². The van der Waals surface area contributed by atoms with Gasteiger partial charge >= 0.3 is 0 Å². The second-order valence-corrected chi connectivity index (χ2v) is 4.85.